The molecule has 1 heterocycles. The molecule has 0 saturated carbocycles. The molecule has 0 N–H and O–H groups in total. The molecule has 0 radical (unpaired) electrons. The van der Waals surface area contributed by atoms with Crippen LogP contribution in [0.25, 0.3) is 10.8 Å². The summed E-state index contributed by atoms with van der Waals surface area (Å²) in [5.74, 6) is 0. The van der Waals surface area contributed by atoms with Crippen LogP contribution in [-0.4, -0.2) is 4.98 Å². The Bertz CT molecular complexity index is 382. The second-order valence-electron chi connectivity index (χ2n) is 2.96. The van der Waals surface area contributed by atoms with Crippen molar-refractivity contribution in [2.24, 2.45) is 0 Å². The molecule has 1 nitrogen and oxygen atoms in total. The van der Waals surface area contributed by atoms with Gasteiger partial charge >= 0.3 is 0 Å². The zero-order valence-corrected chi connectivity index (χ0v) is 8.07. The zero-order chi connectivity index (χ0) is 8.55. The molecule has 0 fully saturated rings. The van der Waals surface area contributed by atoms with E-state index in [9.17, 15) is 0 Å². The highest BCUT2D eigenvalue weighted by atomic mass is 31.0. The van der Waals surface area contributed by atoms with E-state index in [-0.39, 0.29) is 0 Å². The second-order valence-corrected chi connectivity index (χ2v) is 3.55. The van der Waals surface area contributed by atoms with Crippen LogP contribution in [-0.2, 0) is 0 Å². The summed E-state index contributed by atoms with van der Waals surface area (Å²) in [5.41, 5.74) is 2.27. The average Bonchev–Trinajstić information content (AvgIpc) is 2.05. The molecule has 1 unspecified atom stereocenters. The molecule has 2 heteroatoms. The monoisotopic (exact) mass is 175 g/mol. The molecule has 0 saturated heterocycles. The van der Waals surface area contributed by atoms with Crippen molar-refractivity contribution in [1.82, 2.24) is 4.98 Å². The van der Waals surface area contributed by atoms with Gasteiger partial charge in [0.15, 0.2) is 0 Å². The molecule has 0 bridgehead atoms. The fraction of sp³-hybridized carbons (Fsp3) is 0.100. The van der Waals surface area contributed by atoms with Crippen LogP contribution >= 0.6 is 9.24 Å². The van der Waals surface area contributed by atoms with Gasteiger partial charge < -0.3 is 0 Å². The maximum atomic E-state index is 4.21. The molecular weight excluding hydrogens is 165 g/mol. The lowest BCUT2D eigenvalue weighted by atomic mass is 10.1. The Balaban J connectivity index is 2.79. The van der Waals surface area contributed by atoms with Crippen molar-refractivity contribution < 1.29 is 0 Å². The number of pyridine rings is 1. The Kier molecular flexibility index (Phi) is 1.82. The molecule has 0 aliphatic heterocycles. The zero-order valence-electron chi connectivity index (χ0n) is 6.91. The Morgan fingerprint density at radius 2 is 2.00 bits per heavy atom. The van der Waals surface area contributed by atoms with Gasteiger partial charge in [-0.15, -0.1) is 0 Å². The van der Waals surface area contributed by atoms with E-state index in [0.717, 1.165) is 5.44 Å². The SMILES string of the molecule is Cc1ccc2cc(P)ncc2c1. The third-order valence-electron chi connectivity index (χ3n) is 1.90. The molecule has 1 atom stereocenters. The van der Waals surface area contributed by atoms with Crippen LogP contribution in [0.3, 0.4) is 0 Å². The Hall–Kier alpha value is -0.940. The van der Waals surface area contributed by atoms with E-state index in [0.29, 0.717) is 0 Å². The first-order valence-electron chi connectivity index (χ1n) is 3.87. The first-order chi connectivity index (χ1) is 5.75. The average molecular weight is 175 g/mol. The molecule has 0 spiro atoms. The van der Waals surface area contributed by atoms with E-state index >= 15 is 0 Å². The molecule has 0 aliphatic carbocycles. The fourth-order valence-corrected chi connectivity index (χ4v) is 1.53. The Labute approximate surface area is 74.0 Å². The summed E-state index contributed by atoms with van der Waals surface area (Å²) in [4.78, 5) is 4.21. The molecule has 12 heavy (non-hydrogen) atoms. The summed E-state index contributed by atoms with van der Waals surface area (Å²) < 4.78 is 0. The summed E-state index contributed by atoms with van der Waals surface area (Å²) in [7, 11) is 2.60. The summed E-state index contributed by atoms with van der Waals surface area (Å²) in [6.07, 6.45) is 1.91. The summed E-state index contributed by atoms with van der Waals surface area (Å²) in [6, 6.07) is 8.46. The van der Waals surface area contributed by atoms with Crippen LogP contribution in [0.5, 0.6) is 0 Å². The number of benzene rings is 1. The number of aromatic nitrogens is 1. The number of nitrogens with zero attached hydrogens (tertiary/aromatic N) is 1. The van der Waals surface area contributed by atoms with Crippen LogP contribution in [0.15, 0.2) is 30.5 Å². The van der Waals surface area contributed by atoms with E-state index < -0.39 is 0 Å². The lowest BCUT2D eigenvalue weighted by Gasteiger charge is -1.99. The van der Waals surface area contributed by atoms with E-state index in [1.165, 1.54) is 16.3 Å². The molecular formula is C10H10NP. The highest BCUT2D eigenvalue weighted by Crippen LogP contribution is 2.13. The number of aryl methyl sites for hydroxylation is 1. The lowest BCUT2D eigenvalue weighted by Crippen LogP contribution is -1.95. The third kappa shape index (κ3) is 1.33. The van der Waals surface area contributed by atoms with Gasteiger partial charge in [-0.25, -0.2) is 0 Å². The van der Waals surface area contributed by atoms with Crippen LogP contribution < -0.4 is 5.44 Å². The maximum absolute atomic E-state index is 4.21. The predicted molar refractivity (Wildman–Crippen MR) is 55.8 cm³/mol. The highest BCUT2D eigenvalue weighted by Gasteiger charge is 1.93. The van der Waals surface area contributed by atoms with Crippen molar-refractivity contribution in [2.75, 3.05) is 0 Å². The van der Waals surface area contributed by atoms with Crippen molar-refractivity contribution in [2.45, 2.75) is 6.92 Å². The molecule has 2 rings (SSSR count). The molecule has 0 amide bonds. The van der Waals surface area contributed by atoms with Crippen molar-refractivity contribution in [3.05, 3.63) is 36.0 Å². The lowest BCUT2D eigenvalue weighted by molar-refractivity contribution is 1.42. The molecule has 60 valence electrons. The van der Waals surface area contributed by atoms with Gasteiger partial charge in [0.25, 0.3) is 0 Å². The highest BCUT2D eigenvalue weighted by molar-refractivity contribution is 7.26. The van der Waals surface area contributed by atoms with Gasteiger partial charge in [-0.3, -0.25) is 4.98 Å². The fourth-order valence-electron chi connectivity index (χ4n) is 1.28. The Morgan fingerprint density at radius 3 is 2.83 bits per heavy atom. The largest absolute Gasteiger partial charge is 0.256 e. The van der Waals surface area contributed by atoms with E-state index in [4.69, 9.17) is 0 Å². The molecule has 1 aromatic carbocycles. The summed E-state index contributed by atoms with van der Waals surface area (Å²) in [6.45, 7) is 2.09. The van der Waals surface area contributed by atoms with Gasteiger partial charge in [-0.05, 0) is 24.4 Å². The van der Waals surface area contributed by atoms with Crippen LogP contribution in [0.2, 0.25) is 0 Å². The standard InChI is InChI=1S/C10H10NP/c1-7-2-3-8-5-10(12)11-6-9(8)4-7/h2-6H,12H2,1H3. The summed E-state index contributed by atoms with van der Waals surface area (Å²) >= 11 is 0. The topological polar surface area (TPSA) is 12.9 Å². The van der Waals surface area contributed by atoms with Crippen molar-refractivity contribution >= 4 is 25.4 Å². The normalized spacial score (nSPS) is 10.5. The predicted octanol–water partition coefficient (Wildman–Crippen LogP) is 2.04. The Morgan fingerprint density at radius 1 is 1.17 bits per heavy atom. The van der Waals surface area contributed by atoms with Gasteiger partial charge in [0.05, 0.1) is 5.44 Å². The van der Waals surface area contributed by atoms with E-state index in [1.807, 2.05) is 6.20 Å². The molecule has 2 aromatic rings. The van der Waals surface area contributed by atoms with Gasteiger partial charge in [0, 0.05) is 11.6 Å². The van der Waals surface area contributed by atoms with Crippen LogP contribution in [0, 0.1) is 6.92 Å². The number of rotatable bonds is 0. The molecule has 1 aromatic heterocycles. The van der Waals surface area contributed by atoms with Crippen molar-refractivity contribution in [3.8, 4) is 0 Å². The maximum Gasteiger partial charge on any atom is 0.0575 e. The van der Waals surface area contributed by atoms with Crippen LogP contribution in [0.1, 0.15) is 5.56 Å². The van der Waals surface area contributed by atoms with Crippen molar-refractivity contribution in [3.63, 3.8) is 0 Å². The quantitative estimate of drug-likeness (QED) is 0.558. The number of hydrogen-bond acceptors (Lipinski definition) is 1. The van der Waals surface area contributed by atoms with Gasteiger partial charge in [0.2, 0.25) is 0 Å². The van der Waals surface area contributed by atoms with Crippen LogP contribution in [0.4, 0.5) is 0 Å². The minimum absolute atomic E-state index is 0.992. The van der Waals surface area contributed by atoms with Crippen molar-refractivity contribution in [1.29, 1.82) is 0 Å². The van der Waals surface area contributed by atoms with Gasteiger partial charge in [-0.2, -0.15) is 0 Å². The second kappa shape index (κ2) is 2.84. The third-order valence-corrected chi connectivity index (χ3v) is 2.21. The summed E-state index contributed by atoms with van der Waals surface area (Å²) in [5, 5.41) is 2.46. The van der Waals surface area contributed by atoms with E-state index in [1.54, 1.807) is 0 Å². The minimum Gasteiger partial charge on any atom is -0.256 e. The first kappa shape index (κ1) is 7.70. The van der Waals surface area contributed by atoms with E-state index in [2.05, 4.69) is 45.4 Å². The van der Waals surface area contributed by atoms with Gasteiger partial charge in [0.1, 0.15) is 0 Å². The molecule has 0 aliphatic rings. The first-order valence-corrected chi connectivity index (χ1v) is 4.45. The number of fused-ring (bicyclic) bond motifs is 1. The smallest absolute Gasteiger partial charge is 0.0575 e. The number of hydrogen-bond donors (Lipinski definition) is 0. The van der Waals surface area contributed by atoms with Gasteiger partial charge in [-0.1, -0.05) is 26.9 Å². The minimum atomic E-state index is 0.992.